The molecule has 4 amide bonds. The number of hydrogen-bond acceptors (Lipinski definition) is 5. The lowest BCUT2D eigenvalue weighted by atomic mass is 10.0. The molecule has 0 bridgehead atoms. The zero-order chi connectivity index (χ0) is 23.9. The number of amides is 4. The lowest BCUT2D eigenvalue weighted by Gasteiger charge is -2.31. The van der Waals surface area contributed by atoms with Gasteiger partial charge < -0.3 is 26.0 Å². The van der Waals surface area contributed by atoms with E-state index in [0.29, 0.717) is 5.56 Å². The first kappa shape index (κ1) is 25.9. The molecule has 0 aliphatic heterocycles. The van der Waals surface area contributed by atoms with Gasteiger partial charge >= 0.3 is 6.09 Å². The van der Waals surface area contributed by atoms with E-state index in [-0.39, 0.29) is 11.9 Å². The standard InChI is InChI=1S/C22H34N4O5/c1-13(2)24-19(28)18(15-10-8-14(3)9-11-15)26(7)20(29)16(12-17(23)27)25-21(30)31-22(4,5)6/h8-11,13,16,18H,12H2,1-7H3,(H2,23,27)(H,24,28)(H,25,30). The summed E-state index contributed by atoms with van der Waals surface area (Å²) < 4.78 is 5.19. The average Bonchev–Trinajstić information content (AvgIpc) is 2.59. The van der Waals surface area contributed by atoms with E-state index in [1.54, 1.807) is 32.9 Å². The summed E-state index contributed by atoms with van der Waals surface area (Å²) in [5.41, 5.74) is 6.08. The van der Waals surface area contributed by atoms with Crippen LogP contribution >= 0.6 is 0 Å². The number of benzene rings is 1. The molecule has 1 rings (SSSR count). The number of aryl methyl sites for hydroxylation is 1. The molecule has 1 aromatic rings. The highest BCUT2D eigenvalue weighted by molar-refractivity contribution is 5.94. The minimum atomic E-state index is -1.28. The molecule has 0 saturated carbocycles. The molecule has 31 heavy (non-hydrogen) atoms. The van der Waals surface area contributed by atoms with Crippen LogP contribution < -0.4 is 16.4 Å². The predicted octanol–water partition coefficient (Wildman–Crippen LogP) is 1.79. The van der Waals surface area contributed by atoms with Gasteiger partial charge in [-0.15, -0.1) is 0 Å². The van der Waals surface area contributed by atoms with Crippen LogP contribution in [-0.4, -0.2) is 53.4 Å². The summed E-state index contributed by atoms with van der Waals surface area (Å²) in [4.78, 5) is 51.1. The molecule has 9 heteroatoms. The van der Waals surface area contributed by atoms with Gasteiger partial charge in [0.25, 0.3) is 0 Å². The van der Waals surface area contributed by atoms with Gasteiger partial charge in [0.05, 0.1) is 6.42 Å². The Labute approximate surface area is 183 Å². The van der Waals surface area contributed by atoms with Gasteiger partial charge in [-0.1, -0.05) is 29.8 Å². The van der Waals surface area contributed by atoms with E-state index in [1.807, 2.05) is 32.9 Å². The third-order valence-corrected chi connectivity index (χ3v) is 4.20. The van der Waals surface area contributed by atoms with Crippen LogP contribution in [0.25, 0.3) is 0 Å². The van der Waals surface area contributed by atoms with Gasteiger partial charge in [-0.3, -0.25) is 14.4 Å². The first-order valence-electron chi connectivity index (χ1n) is 10.1. The second kappa shape index (κ2) is 10.8. The van der Waals surface area contributed by atoms with Crippen molar-refractivity contribution in [3.63, 3.8) is 0 Å². The molecule has 0 radical (unpaired) electrons. The molecule has 0 spiro atoms. The van der Waals surface area contributed by atoms with E-state index in [0.717, 1.165) is 5.56 Å². The van der Waals surface area contributed by atoms with Crippen LogP contribution in [-0.2, 0) is 19.1 Å². The number of carbonyl (C=O) groups is 4. The van der Waals surface area contributed by atoms with Gasteiger partial charge in [0, 0.05) is 13.1 Å². The third kappa shape index (κ3) is 8.65. The van der Waals surface area contributed by atoms with E-state index >= 15 is 0 Å². The molecule has 1 aromatic carbocycles. The van der Waals surface area contributed by atoms with Gasteiger partial charge in [-0.25, -0.2) is 4.79 Å². The number of alkyl carbamates (subject to hydrolysis) is 1. The van der Waals surface area contributed by atoms with E-state index in [4.69, 9.17) is 10.5 Å². The number of carbonyl (C=O) groups excluding carboxylic acids is 4. The first-order valence-corrected chi connectivity index (χ1v) is 10.1. The highest BCUT2D eigenvalue weighted by Crippen LogP contribution is 2.22. The smallest absolute Gasteiger partial charge is 0.408 e. The molecule has 9 nitrogen and oxygen atoms in total. The maximum absolute atomic E-state index is 13.2. The first-order chi connectivity index (χ1) is 14.2. The Morgan fingerprint density at radius 1 is 1.06 bits per heavy atom. The minimum absolute atomic E-state index is 0.148. The topological polar surface area (TPSA) is 131 Å². The number of ether oxygens (including phenoxy) is 1. The van der Waals surface area contributed by atoms with Gasteiger partial charge in [-0.05, 0) is 47.1 Å². The maximum atomic E-state index is 13.2. The molecule has 0 aliphatic carbocycles. The summed E-state index contributed by atoms with van der Waals surface area (Å²) in [7, 11) is 1.44. The molecule has 0 fully saturated rings. The zero-order valence-corrected chi connectivity index (χ0v) is 19.3. The molecule has 2 atom stereocenters. The van der Waals surface area contributed by atoms with Crippen molar-refractivity contribution in [1.82, 2.24) is 15.5 Å². The number of rotatable bonds is 8. The van der Waals surface area contributed by atoms with Crippen molar-refractivity contribution < 1.29 is 23.9 Å². The number of nitrogens with zero attached hydrogens (tertiary/aromatic N) is 1. The molecule has 2 unspecified atom stereocenters. The number of nitrogens with two attached hydrogens (primary N) is 1. The Morgan fingerprint density at radius 2 is 1.61 bits per heavy atom. The molecule has 172 valence electrons. The fourth-order valence-electron chi connectivity index (χ4n) is 2.89. The fourth-order valence-corrected chi connectivity index (χ4v) is 2.89. The van der Waals surface area contributed by atoms with Crippen molar-refractivity contribution in [1.29, 1.82) is 0 Å². The van der Waals surface area contributed by atoms with Crippen molar-refractivity contribution in [2.45, 2.75) is 71.7 Å². The quantitative estimate of drug-likeness (QED) is 0.574. The minimum Gasteiger partial charge on any atom is -0.444 e. The summed E-state index contributed by atoms with van der Waals surface area (Å²) in [5.74, 6) is -1.81. The molecular weight excluding hydrogens is 400 g/mol. The van der Waals surface area contributed by atoms with Crippen LogP contribution in [0.5, 0.6) is 0 Å². The number of primary amides is 1. The average molecular weight is 435 g/mol. The van der Waals surface area contributed by atoms with Crippen molar-refractivity contribution in [3.05, 3.63) is 35.4 Å². The molecule has 0 saturated heterocycles. The van der Waals surface area contributed by atoms with Crippen molar-refractivity contribution >= 4 is 23.8 Å². The SMILES string of the molecule is Cc1ccc(C(C(=O)NC(C)C)N(C)C(=O)C(CC(N)=O)NC(=O)OC(C)(C)C)cc1. The highest BCUT2D eigenvalue weighted by atomic mass is 16.6. The summed E-state index contributed by atoms with van der Waals surface area (Å²) in [5, 5.41) is 5.20. The van der Waals surface area contributed by atoms with E-state index in [1.165, 1.54) is 11.9 Å². The third-order valence-electron chi connectivity index (χ3n) is 4.20. The fraction of sp³-hybridized carbons (Fsp3) is 0.545. The highest BCUT2D eigenvalue weighted by Gasteiger charge is 2.35. The van der Waals surface area contributed by atoms with Crippen molar-refractivity contribution in [3.8, 4) is 0 Å². The largest absolute Gasteiger partial charge is 0.444 e. The summed E-state index contributed by atoms with van der Waals surface area (Å²) in [6.07, 6.45) is -1.30. The van der Waals surface area contributed by atoms with Gasteiger partial charge in [-0.2, -0.15) is 0 Å². The lowest BCUT2D eigenvalue weighted by molar-refractivity contribution is -0.141. The Kier molecular flexibility index (Phi) is 9.02. The number of nitrogens with one attached hydrogen (secondary N) is 2. The van der Waals surface area contributed by atoms with E-state index in [2.05, 4.69) is 10.6 Å². The Hall–Kier alpha value is -3.10. The van der Waals surface area contributed by atoms with Crippen LogP contribution in [0.1, 0.15) is 58.2 Å². The van der Waals surface area contributed by atoms with Crippen LogP contribution in [0.2, 0.25) is 0 Å². The predicted molar refractivity (Wildman–Crippen MR) is 117 cm³/mol. The Balaban J connectivity index is 3.22. The van der Waals surface area contributed by atoms with Gasteiger partial charge in [0.1, 0.15) is 17.7 Å². The number of hydrogen-bond donors (Lipinski definition) is 3. The normalized spacial score (nSPS) is 13.2. The monoisotopic (exact) mass is 434 g/mol. The molecule has 0 heterocycles. The summed E-state index contributed by atoms with van der Waals surface area (Å²) in [6.45, 7) is 10.6. The second-order valence-electron chi connectivity index (χ2n) is 8.79. The summed E-state index contributed by atoms with van der Waals surface area (Å²) in [6, 6.07) is 4.79. The van der Waals surface area contributed by atoms with Gasteiger partial charge in [0.2, 0.25) is 17.7 Å². The van der Waals surface area contributed by atoms with E-state index < -0.39 is 42.0 Å². The Morgan fingerprint density at radius 3 is 2.06 bits per heavy atom. The van der Waals surface area contributed by atoms with Crippen LogP contribution in [0.15, 0.2) is 24.3 Å². The molecule has 4 N–H and O–H groups in total. The van der Waals surface area contributed by atoms with Crippen molar-refractivity contribution in [2.75, 3.05) is 7.05 Å². The maximum Gasteiger partial charge on any atom is 0.408 e. The summed E-state index contributed by atoms with van der Waals surface area (Å²) >= 11 is 0. The Bertz CT molecular complexity index is 799. The van der Waals surface area contributed by atoms with Gasteiger partial charge in [0.15, 0.2) is 0 Å². The van der Waals surface area contributed by atoms with Crippen LogP contribution in [0.4, 0.5) is 4.79 Å². The van der Waals surface area contributed by atoms with E-state index in [9.17, 15) is 19.2 Å². The molecule has 0 aliphatic rings. The second-order valence-corrected chi connectivity index (χ2v) is 8.79. The molecular formula is C22H34N4O5. The lowest BCUT2D eigenvalue weighted by Crippen LogP contribution is -2.53. The number of likely N-dealkylation sites (N-methyl/N-ethyl adjacent to an activating group) is 1. The van der Waals surface area contributed by atoms with Crippen LogP contribution in [0.3, 0.4) is 0 Å². The van der Waals surface area contributed by atoms with Crippen LogP contribution in [0, 0.1) is 6.92 Å². The molecule has 0 aromatic heterocycles. The zero-order valence-electron chi connectivity index (χ0n) is 19.3. The van der Waals surface area contributed by atoms with Crippen molar-refractivity contribution in [2.24, 2.45) is 5.73 Å².